The number of amides is 1. The molecule has 1 aliphatic heterocycles. The Morgan fingerprint density at radius 2 is 1.92 bits per heavy atom. The molecule has 4 rings (SSSR count). The number of thiazole rings is 1. The molecule has 0 saturated carbocycles. The second-order valence-electron chi connectivity index (χ2n) is 6.42. The van der Waals surface area contributed by atoms with Crippen molar-refractivity contribution in [2.45, 2.75) is 26.5 Å². The van der Waals surface area contributed by atoms with Gasteiger partial charge in [0.25, 0.3) is 5.91 Å². The highest BCUT2D eigenvalue weighted by atomic mass is 32.1. The fraction of sp³-hybridized carbons (Fsp3) is 0.238. The summed E-state index contributed by atoms with van der Waals surface area (Å²) in [6, 6.07) is 15.7. The SMILES string of the molecule is Cc1nc(COc2ccc(C(=O)N3CCc4ccccc4C3)cc2)cs1. The van der Waals surface area contributed by atoms with Gasteiger partial charge < -0.3 is 9.64 Å². The minimum absolute atomic E-state index is 0.0705. The summed E-state index contributed by atoms with van der Waals surface area (Å²) >= 11 is 1.62. The first-order valence-electron chi connectivity index (χ1n) is 8.69. The lowest BCUT2D eigenvalue weighted by Crippen LogP contribution is -2.35. The van der Waals surface area contributed by atoms with Gasteiger partial charge in [0.05, 0.1) is 10.7 Å². The highest BCUT2D eigenvalue weighted by Crippen LogP contribution is 2.21. The molecule has 0 atom stereocenters. The maximum atomic E-state index is 12.8. The van der Waals surface area contributed by atoms with Crippen LogP contribution >= 0.6 is 11.3 Å². The average molecular weight is 364 g/mol. The van der Waals surface area contributed by atoms with E-state index in [1.54, 1.807) is 11.3 Å². The summed E-state index contributed by atoms with van der Waals surface area (Å²) in [7, 11) is 0. The van der Waals surface area contributed by atoms with Crippen molar-refractivity contribution >= 4 is 17.2 Å². The van der Waals surface area contributed by atoms with Crippen molar-refractivity contribution in [1.29, 1.82) is 0 Å². The lowest BCUT2D eigenvalue weighted by molar-refractivity contribution is 0.0734. The van der Waals surface area contributed by atoms with Gasteiger partial charge in [-0.25, -0.2) is 4.98 Å². The van der Waals surface area contributed by atoms with Crippen LogP contribution in [0.1, 0.15) is 32.2 Å². The molecule has 0 fully saturated rings. The Labute approximate surface area is 157 Å². The number of hydrogen-bond donors (Lipinski definition) is 0. The third-order valence-electron chi connectivity index (χ3n) is 4.57. The van der Waals surface area contributed by atoms with E-state index in [1.807, 2.05) is 47.5 Å². The van der Waals surface area contributed by atoms with E-state index in [2.05, 4.69) is 23.2 Å². The molecule has 0 spiro atoms. The monoisotopic (exact) mass is 364 g/mol. The zero-order chi connectivity index (χ0) is 17.9. The van der Waals surface area contributed by atoms with Crippen LogP contribution in [0.15, 0.2) is 53.9 Å². The molecule has 26 heavy (non-hydrogen) atoms. The Balaban J connectivity index is 1.39. The van der Waals surface area contributed by atoms with Crippen molar-refractivity contribution in [1.82, 2.24) is 9.88 Å². The predicted molar refractivity (Wildman–Crippen MR) is 103 cm³/mol. The van der Waals surface area contributed by atoms with Crippen LogP contribution < -0.4 is 4.74 Å². The maximum Gasteiger partial charge on any atom is 0.254 e. The van der Waals surface area contributed by atoms with Crippen LogP contribution in [0, 0.1) is 6.92 Å². The Kier molecular flexibility index (Phi) is 4.71. The van der Waals surface area contributed by atoms with Crippen LogP contribution in [0.5, 0.6) is 5.75 Å². The number of benzene rings is 2. The highest BCUT2D eigenvalue weighted by molar-refractivity contribution is 7.09. The number of ether oxygens (including phenoxy) is 1. The number of fused-ring (bicyclic) bond motifs is 1. The first kappa shape index (κ1) is 16.8. The van der Waals surface area contributed by atoms with Crippen molar-refractivity contribution in [2.24, 2.45) is 0 Å². The minimum Gasteiger partial charge on any atom is -0.487 e. The van der Waals surface area contributed by atoms with E-state index < -0.39 is 0 Å². The Bertz CT molecular complexity index is 918. The third-order valence-corrected chi connectivity index (χ3v) is 5.39. The van der Waals surface area contributed by atoms with Crippen LogP contribution in [-0.2, 0) is 19.6 Å². The van der Waals surface area contributed by atoms with E-state index >= 15 is 0 Å². The van der Waals surface area contributed by atoms with Crippen molar-refractivity contribution in [3.05, 3.63) is 81.3 Å². The lowest BCUT2D eigenvalue weighted by Gasteiger charge is -2.29. The molecule has 1 aliphatic rings. The Morgan fingerprint density at radius 1 is 1.15 bits per heavy atom. The summed E-state index contributed by atoms with van der Waals surface area (Å²) in [5.74, 6) is 0.817. The van der Waals surface area contributed by atoms with Crippen LogP contribution in [0.2, 0.25) is 0 Å². The fourth-order valence-electron chi connectivity index (χ4n) is 3.18. The standard InChI is InChI=1S/C21H20N2O2S/c1-15-22-19(14-26-15)13-25-20-8-6-17(7-9-20)21(24)23-11-10-16-4-2-3-5-18(16)12-23/h2-9,14H,10-13H2,1H3. The quantitative estimate of drug-likeness (QED) is 0.696. The first-order valence-corrected chi connectivity index (χ1v) is 9.57. The second-order valence-corrected chi connectivity index (χ2v) is 7.48. The fourth-order valence-corrected chi connectivity index (χ4v) is 3.77. The molecule has 3 aromatic rings. The van der Waals surface area contributed by atoms with Gasteiger partial charge in [-0.15, -0.1) is 11.3 Å². The number of hydrogen-bond acceptors (Lipinski definition) is 4. The largest absolute Gasteiger partial charge is 0.487 e. The predicted octanol–water partition coefficient (Wildman–Crippen LogP) is 4.23. The maximum absolute atomic E-state index is 12.8. The van der Waals surface area contributed by atoms with Crippen LogP contribution in [0.4, 0.5) is 0 Å². The van der Waals surface area contributed by atoms with E-state index in [-0.39, 0.29) is 5.91 Å². The average Bonchev–Trinajstić information content (AvgIpc) is 3.11. The second kappa shape index (κ2) is 7.30. The lowest BCUT2D eigenvalue weighted by atomic mass is 9.99. The molecule has 0 saturated heterocycles. The van der Waals surface area contributed by atoms with Gasteiger partial charge in [-0.05, 0) is 48.7 Å². The summed E-state index contributed by atoms with van der Waals surface area (Å²) in [5.41, 5.74) is 4.21. The number of aryl methyl sites for hydroxylation is 1. The van der Waals surface area contributed by atoms with Gasteiger partial charge in [0.2, 0.25) is 0 Å². The number of nitrogens with zero attached hydrogens (tertiary/aromatic N) is 2. The molecule has 2 aromatic carbocycles. The van der Waals surface area contributed by atoms with Gasteiger partial charge in [-0.2, -0.15) is 0 Å². The van der Waals surface area contributed by atoms with E-state index in [4.69, 9.17) is 4.74 Å². The zero-order valence-corrected chi connectivity index (χ0v) is 15.5. The van der Waals surface area contributed by atoms with Crippen molar-refractivity contribution in [2.75, 3.05) is 6.54 Å². The van der Waals surface area contributed by atoms with Crippen molar-refractivity contribution in [3.8, 4) is 5.75 Å². The molecule has 132 valence electrons. The summed E-state index contributed by atoms with van der Waals surface area (Å²) in [5, 5.41) is 3.04. The molecular weight excluding hydrogens is 344 g/mol. The molecule has 0 bridgehead atoms. The minimum atomic E-state index is 0.0705. The topological polar surface area (TPSA) is 42.4 Å². The van der Waals surface area contributed by atoms with E-state index in [9.17, 15) is 4.79 Å². The molecule has 4 nitrogen and oxygen atoms in total. The van der Waals surface area contributed by atoms with Crippen LogP contribution in [0.25, 0.3) is 0 Å². The third kappa shape index (κ3) is 3.63. The molecule has 1 amide bonds. The Morgan fingerprint density at radius 3 is 2.65 bits per heavy atom. The number of aromatic nitrogens is 1. The van der Waals surface area contributed by atoms with E-state index in [0.29, 0.717) is 18.7 Å². The van der Waals surface area contributed by atoms with Gasteiger partial charge in [0, 0.05) is 24.0 Å². The van der Waals surface area contributed by atoms with Gasteiger partial charge in [0.1, 0.15) is 12.4 Å². The molecular formula is C21H20N2O2S. The summed E-state index contributed by atoms with van der Waals surface area (Å²) in [6.07, 6.45) is 0.913. The van der Waals surface area contributed by atoms with Gasteiger partial charge in [0.15, 0.2) is 0 Å². The zero-order valence-electron chi connectivity index (χ0n) is 14.6. The van der Waals surface area contributed by atoms with Gasteiger partial charge in [-0.3, -0.25) is 4.79 Å². The Hall–Kier alpha value is -2.66. The number of carbonyl (C=O) groups excluding carboxylic acids is 1. The normalized spacial score (nSPS) is 13.3. The van der Waals surface area contributed by atoms with Crippen molar-refractivity contribution in [3.63, 3.8) is 0 Å². The molecule has 5 heteroatoms. The molecule has 0 unspecified atom stereocenters. The van der Waals surface area contributed by atoms with Crippen LogP contribution in [-0.4, -0.2) is 22.3 Å². The summed E-state index contributed by atoms with van der Waals surface area (Å²) in [4.78, 5) is 19.1. The molecule has 2 heterocycles. The highest BCUT2D eigenvalue weighted by Gasteiger charge is 2.21. The van der Waals surface area contributed by atoms with Gasteiger partial charge in [-0.1, -0.05) is 24.3 Å². The molecule has 0 radical (unpaired) electrons. The summed E-state index contributed by atoms with van der Waals surface area (Å²) in [6.45, 7) is 3.86. The van der Waals surface area contributed by atoms with E-state index in [0.717, 1.165) is 29.4 Å². The van der Waals surface area contributed by atoms with Gasteiger partial charge >= 0.3 is 0 Å². The number of carbonyl (C=O) groups is 1. The molecule has 1 aromatic heterocycles. The van der Waals surface area contributed by atoms with E-state index in [1.165, 1.54) is 11.1 Å². The van der Waals surface area contributed by atoms with Crippen LogP contribution in [0.3, 0.4) is 0 Å². The smallest absolute Gasteiger partial charge is 0.254 e. The molecule has 0 N–H and O–H groups in total. The first-order chi connectivity index (χ1) is 12.7. The van der Waals surface area contributed by atoms with Crippen molar-refractivity contribution < 1.29 is 9.53 Å². The molecule has 0 aliphatic carbocycles. The number of rotatable bonds is 4. The summed E-state index contributed by atoms with van der Waals surface area (Å²) < 4.78 is 5.75.